The number of nitrogens with one attached hydrogen (secondary N) is 1. The quantitative estimate of drug-likeness (QED) is 0.885. The molecule has 1 aromatic carbocycles. The molecule has 0 saturated heterocycles. The van der Waals surface area contributed by atoms with Crippen molar-refractivity contribution < 1.29 is 9.18 Å². The maximum atomic E-state index is 12.9. The number of H-pyrrole nitrogens is 1. The molecule has 3 atom stereocenters. The number of aromatic nitrogens is 1. The summed E-state index contributed by atoms with van der Waals surface area (Å²) < 4.78 is 12.9. The molecule has 2 bridgehead atoms. The van der Waals surface area contributed by atoms with Crippen LogP contribution in [0.2, 0.25) is 0 Å². The van der Waals surface area contributed by atoms with Crippen LogP contribution in [0.1, 0.15) is 44.6 Å². The van der Waals surface area contributed by atoms with E-state index in [2.05, 4.69) is 11.9 Å². The van der Waals surface area contributed by atoms with Crippen LogP contribution in [0.4, 0.5) is 4.39 Å². The van der Waals surface area contributed by atoms with E-state index in [0.717, 1.165) is 41.1 Å². The fraction of sp³-hybridized carbons (Fsp3) is 0.550. The largest absolute Gasteiger partial charge is 0.361 e. The predicted octanol–water partition coefficient (Wildman–Crippen LogP) is 4.21. The summed E-state index contributed by atoms with van der Waals surface area (Å²) in [6.07, 6.45) is 8.65. The summed E-state index contributed by atoms with van der Waals surface area (Å²) in [5.41, 5.74) is 7.48. The molecule has 3 nitrogen and oxygen atoms in total. The number of Topliss-reactive ketones (excluding diaryl/α,β-unsaturated/α-hetero) is 1. The van der Waals surface area contributed by atoms with Crippen LogP contribution in [0.15, 0.2) is 24.4 Å². The molecular weight excluding hydrogens is 303 g/mol. The summed E-state index contributed by atoms with van der Waals surface area (Å²) in [6.45, 7) is 2.81. The number of nitrogens with two attached hydrogens (primary N) is 1. The Morgan fingerprint density at radius 3 is 2.79 bits per heavy atom. The number of carbonyl (C=O) groups excluding carboxylic acids is 1. The van der Waals surface area contributed by atoms with Crippen molar-refractivity contribution in [3.05, 3.63) is 35.8 Å². The summed E-state index contributed by atoms with van der Waals surface area (Å²) in [4.78, 5) is 14.5. The molecule has 130 valence electrons. The Kier molecular flexibility index (Phi) is 5.34. The van der Waals surface area contributed by atoms with Crippen LogP contribution in [0, 0.1) is 23.6 Å². The Morgan fingerprint density at radius 1 is 1.33 bits per heavy atom. The molecule has 24 heavy (non-hydrogen) atoms. The van der Waals surface area contributed by atoms with Gasteiger partial charge in [-0.05, 0) is 67.8 Å². The number of hydrogen-bond donors (Lipinski definition) is 2. The van der Waals surface area contributed by atoms with E-state index in [1.807, 2.05) is 6.20 Å². The molecular formula is C20H27FN2O. The van der Waals surface area contributed by atoms with Crippen molar-refractivity contribution in [2.75, 3.05) is 6.54 Å². The third-order valence-electron chi connectivity index (χ3n) is 5.66. The predicted molar refractivity (Wildman–Crippen MR) is 95.3 cm³/mol. The van der Waals surface area contributed by atoms with Gasteiger partial charge in [-0.2, -0.15) is 0 Å². The van der Waals surface area contributed by atoms with Crippen LogP contribution in [0.3, 0.4) is 0 Å². The Hall–Kier alpha value is -1.68. The summed E-state index contributed by atoms with van der Waals surface area (Å²) in [6, 6.07) is 4.73. The number of carbonyl (C=O) groups is 1. The van der Waals surface area contributed by atoms with Gasteiger partial charge in [0.1, 0.15) is 11.6 Å². The van der Waals surface area contributed by atoms with E-state index >= 15 is 0 Å². The molecule has 0 spiro atoms. The first kappa shape index (κ1) is 17.2. The van der Waals surface area contributed by atoms with Crippen molar-refractivity contribution in [2.24, 2.45) is 23.5 Å². The smallest absolute Gasteiger partial charge is 0.136 e. The lowest BCUT2D eigenvalue weighted by Gasteiger charge is -2.40. The molecule has 3 fully saturated rings. The number of aromatic amines is 1. The highest BCUT2D eigenvalue weighted by Crippen LogP contribution is 2.44. The normalized spacial score (nSPS) is 25.6. The fourth-order valence-corrected chi connectivity index (χ4v) is 4.37. The zero-order valence-electron chi connectivity index (χ0n) is 14.4. The monoisotopic (exact) mass is 330 g/mol. The highest BCUT2D eigenvalue weighted by Gasteiger charge is 2.39. The molecule has 4 heteroatoms. The van der Waals surface area contributed by atoms with Crippen molar-refractivity contribution in [1.29, 1.82) is 0 Å². The van der Waals surface area contributed by atoms with Gasteiger partial charge in [-0.25, -0.2) is 4.39 Å². The zero-order valence-corrected chi connectivity index (χ0v) is 14.4. The highest BCUT2D eigenvalue weighted by molar-refractivity contribution is 5.83. The molecule has 1 aromatic heterocycles. The number of rotatable bonds is 3. The second-order valence-corrected chi connectivity index (χ2v) is 7.17. The molecule has 5 rings (SSSR count). The molecule has 3 aliphatic carbocycles. The minimum Gasteiger partial charge on any atom is -0.361 e. The van der Waals surface area contributed by atoms with Gasteiger partial charge in [0.2, 0.25) is 0 Å². The van der Waals surface area contributed by atoms with Crippen molar-refractivity contribution in [3.63, 3.8) is 0 Å². The van der Waals surface area contributed by atoms with Gasteiger partial charge in [-0.1, -0.05) is 13.3 Å². The standard InChI is InChI=1S/C10H11FN2.C10H16O/c11-8-1-2-10-9(5-8)7(3-4-12)6-13-10;1-2-8-5-7-3-4-9(8)10(11)6-7/h1-2,5-6,13H,3-4,12H2;7-9H,2-6H2,1H3. The average molecular weight is 330 g/mol. The van der Waals surface area contributed by atoms with Gasteiger partial charge < -0.3 is 10.7 Å². The summed E-state index contributed by atoms with van der Waals surface area (Å²) in [5, 5.41) is 0.936. The minimum atomic E-state index is -0.203. The maximum absolute atomic E-state index is 12.9. The Bertz CT molecular complexity index is 709. The van der Waals surface area contributed by atoms with Crippen LogP contribution in [0.25, 0.3) is 10.9 Å². The number of hydrogen-bond acceptors (Lipinski definition) is 2. The van der Waals surface area contributed by atoms with E-state index in [9.17, 15) is 9.18 Å². The maximum Gasteiger partial charge on any atom is 0.136 e. The van der Waals surface area contributed by atoms with E-state index in [1.54, 1.807) is 6.07 Å². The van der Waals surface area contributed by atoms with Crippen LogP contribution < -0.4 is 5.73 Å². The minimum absolute atomic E-state index is 0.203. The summed E-state index contributed by atoms with van der Waals surface area (Å²) in [5.74, 6) is 2.34. The first-order valence-corrected chi connectivity index (χ1v) is 9.10. The highest BCUT2D eigenvalue weighted by atomic mass is 19.1. The second kappa shape index (κ2) is 7.47. The van der Waals surface area contributed by atoms with Crippen LogP contribution in [0.5, 0.6) is 0 Å². The van der Waals surface area contributed by atoms with E-state index in [1.165, 1.54) is 37.8 Å². The van der Waals surface area contributed by atoms with Crippen LogP contribution in [-0.2, 0) is 11.2 Å². The van der Waals surface area contributed by atoms with Gasteiger partial charge in [0, 0.05) is 29.4 Å². The lowest BCUT2D eigenvalue weighted by molar-refractivity contribution is -0.132. The topological polar surface area (TPSA) is 58.9 Å². The SMILES string of the molecule is CCC1CC2CCC1C(=O)C2.NCCc1c[nH]c2ccc(F)cc12. The lowest BCUT2D eigenvalue weighted by atomic mass is 9.63. The molecule has 3 unspecified atom stereocenters. The van der Waals surface area contributed by atoms with E-state index in [-0.39, 0.29) is 5.82 Å². The summed E-state index contributed by atoms with van der Waals surface area (Å²) in [7, 11) is 0. The van der Waals surface area contributed by atoms with Crippen molar-refractivity contribution in [3.8, 4) is 0 Å². The molecule has 0 aliphatic heterocycles. The van der Waals surface area contributed by atoms with Gasteiger partial charge in [0.15, 0.2) is 0 Å². The zero-order chi connectivity index (χ0) is 17.1. The third kappa shape index (κ3) is 3.54. The molecule has 0 radical (unpaired) electrons. The van der Waals surface area contributed by atoms with E-state index < -0.39 is 0 Å². The van der Waals surface area contributed by atoms with Gasteiger partial charge in [-0.15, -0.1) is 0 Å². The summed E-state index contributed by atoms with van der Waals surface area (Å²) >= 11 is 0. The van der Waals surface area contributed by atoms with Gasteiger partial charge in [-0.3, -0.25) is 4.79 Å². The Balaban J connectivity index is 0.000000143. The molecule has 3 saturated carbocycles. The fourth-order valence-electron chi connectivity index (χ4n) is 4.37. The molecule has 3 aliphatic rings. The number of ketones is 1. The van der Waals surface area contributed by atoms with Crippen molar-refractivity contribution in [2.45, 2.75) is 45.4 Å². The second-order valence-electron chi connectivity index (χ2n) is 7.17. The lowest BCUT2D eigenvalue weighted by Crippen LogP contribution is -2.38. The molecule has 1 heterocycles. The number of fused-ring (bicyclic) bond motifs is 4. The number of benzene rings is 1. The first-order chi connectivity index (χ1) is 11.6. The van der Waals surface area contributed by atoms with Gasteiger partial charge >= 0.3 is 0 Å². The van der Waals surface area contributed by atoms with E-state index in [0.29, 0.717) is 18.2 Å². The molecule has 3 N–H and O–H groups in total. The third-order valence-corrected chi connectivity index (χ3v) is 5.66. The van der Waals surface area contributed by atoms with Gasteiger partial charge in [0.05, 0.1) is 0 Å². The Labute approximate surface area is 142 Å². The average Bonchev–Trinajstić information content (AvgIpc) is 2.98. The van der Waals surface area contributed by atoms with Crippen molar-refractivity contribution >= 4 is 16.7 Å². The van der Waals surface area contributed by atoms with Crippen LogP contribution >= 0.6 is 0 Å². The van der Waals surface area contributed by atoms with Gasteiger partial charge in [0.25, 0.3) is 0 Å². The Morgan fingerprint density at radius 2 is 2.17 bits per heavy atom. The van der Waals surface area contributed by atoms with Crippen LogP contribution in [-0.4, -0.2) is 17.3 Å². The first-order valence-electron chi connectivity index (χ1n) is 9.10. The number of halogens is 1. The molecule has 0 amide bonds. The van der Waals surface area contributed by atoms with E-state index in [4.69, 9.17) is 5.73 Å². The van der Waals surface area contributed by atoms with Crippen molar-refractivity contribution in [1.82, 2.24) is 4.98 Å². The molecule has 2 aromatic rings.